The van der Waals surface area contributed by atoms with Crippen LogP contribution < -0.4 is 11.1 Å². The number of rotatable bonds is 9. The topological polar surface area (TPSA) is 78.7 Å². The fraction of sp³-hybridized carbons (Fsp3) is 0.440. The first-order valence-electron chi connectivity index (χ1n) is 11.8. The predicted octanol–water partition coefficient (Wildman–Crippen LogP) is 5.05. The summed E-state index contributed by atoms with van der Waals surface area (Å²) in [6.45, 7) is 3.92. The molecule has 0 spiro atoms. The van der Waals surface area contributed by atoms with E-state index in [4.69, 9.17) is 28.9 Å². The molecule has 6 nitrogen and oxygen atoms in total. The number of amides is 2. The average Bonchev–Trinajstić information content (AvgIpc) is 2.85. The molecule has 37 heavy (non-hydrogen) atoms. The molecule has 2 aromatic carbocycles. The molecular formula is C25H29Cl2F3N4O2S. The molecule has 3 N–H and O–H groups in total. The Balaban J connectivity index is 1.75. The zero-order valence-corrected chi connectivity index (χ0v) is 22.7. The molecule has 1 heterocycles. The van der Waals surface area contributed by atoms with Crippen molar-refractivity contribution in [3.8, 4) is 0 Å². The van der Waals surface area contributed by atoms with Crippen molar-refractivity contribution in [2.24, 2.45) is 5.73 Å². The zero-order valence-electron chi connectivity index (χ0n) is 20.3. The third kappa shape index (κ3) is 8.00. The summed E-state index contributed by atoms with van der Waals surface area (Å²) in [4.78, 5) is 29.3. The molecule has 1 saturated heterocycles. The summed E-state index contributed by atoms with van der Waals surface area (Å²) in [6.07, 6.45) is -4.46. The lowest BCUT2D eigenvalue weighted by Crippen LogP contribution is -2.48. The third-order valence-electron chi connectivity index (χ3n) is 5.99. The average molecular weight is 578 g/mol. The number of benzene rings is 2. The third-order valence-corrected chi connectivity index (χ3v) is 7.56. The fourth-order valence-electron chi connectivity index (χ4n) is 4.10. The number of alkyl halides is 3. The van der Waals surface area contributed by atoms with Crippen LogP contribution in [0.1, 0.15) is 40.4 Å². The van der Waals surface area contributed by atoms with Gasteiger partial charge in [-0.05, 0) is 47.2 Å². The van der Waals surface area contributed by atoms with E-state index >= 15 is 0 Å². The number of carbonyl (C=O) groups excluding carboxylic acids is 2. The van der Waals surface area contributed by atoms with Crippen molar-refractivity contribution in [2.45, 2.75) is 37.5 Å². The molecule has 0 unspecified atom stereocenters. The summed E-state index contributed by atoms with van der Waals surface area (Å²) in [7, 11) is 0. The number of thioether (sulfide) groups is 1. The summed E-state index contributed by atoms with van der Waals surface area (Å²) in [5.41, 5.74) is 4.99. The van der Waals surface area contributed by atoms with Gasteiger partial charge in [-0.15, -0.1) is 11.8 Å². The van der Waals surface area contributed by atoms with Crippen LogP contribution >= 0.6 is 35.0 Å². The molecule has 1 aliphatic heterocycles. The van der Waals surface area contributed by atoms with Crippen molar-refractivity contribution in [3.05, 3.63) is 62.6 Å². The summed E-state index contributed by atoms with van der Waals surface area (Å²) in [5, 5.41) is 3.05. The Morgan fingerprint density at radius 1 is 1.11 bits per heavy atom. The highest BCUT2D eigenvalue weighted by molar-refractivity contribution is 7.99. The quantitative estimate of drug-likeness (QED) is 0.408. The smallest absolute Gasteiger partial charge is 0.348 e. The highest BCUT2D eigenvalue weighted by Gasteiger charge is 2.36. The highest BCUT2D eigenvalue weighted by Crippen LogP contribution is 2.37. The lowest BCUT2D eigenvalue weighted by Gasteiger charge is -2.35. The van der Waals surface area contributed by atoms with Crippen LogP contribution in [0.4, 0.5) is 13.2 Å². The molecule has 0 atom stereocenters. The maximum atomic E-state index is 14.0. The van der Waals surface area contributed by atoms with Crippen LogP contribution in [0.15, 0.2) is 35.2 Å². The Kier molecular flexibility index (Phi) is 10.5. The van der Waals surface area contributed by atoms with Gasteiger partial charge in [-0.2, -0.15) is 13.2 Å². The van der Waals surface area contributed by atoms with Gasteiger partial charge in [0.15, 0.2) is 0 Å². The molecule has 3 rings (SSSR count). The Morgan fingerprint density at radius 3 is 2.43 bits per heavy atom. The second-order valence-corrected chi connectivity index (χ2v) is 10.7. The van der Waals surface area contributed by atoms with Gasteiger partial charge in [-0.3, -0.25) is 14.5 Å². The normalized spacial score (nSPS) is 14.6. The number of carbonyl (C=O) groups is 2. The van der Waals surface area contributed by atoms with Crippen LogP contribution in [0.5, 0.6) is 0 Å². The van der Waals surface area contributed by atoms with Crippen LogP contribution in [0, 0.1) is 0 Å². The molecule has 0 aliphatic carbocycles. The van der Waals surface area contributed by atoms with E-state index < -0.39 is 17.6 Å². The van der Waals surface area contributed by atoms with E-state index in [2.05, 4.69) is 5.32 Å². The Hall–Kier alpha value is -1.98. The van der Waals surface area contributed by atoms with Gasteiger partial charge >= 0.3 is 6.18 Å². The van der Waals surface area contributed by atoms with Crippen molar-refractivity contribution in [1.29, 1.82) is 0 Å². The molecule has 2 amide bonds. The lowest BCUT2D eigenvalue weighted by molar-refractivity contribution is -0.138. The zero-order chi connectivity index (χ0) is 27.2. The molecule has 0 radical (unpaired) electrons. The molecule has 12 heteroatoms. The largest absolute Gasteiger partial charge is 0.416 e. The summed E-state index contributed by atoms with van der Waals surface area (Å²) in [5.74, 6) is 0.0799. The van der Waals surface area contributed by atoms with Crippen LogP contribution in [-0.4, -0.2) is 60.1 Å². The van der Waals surface area contributed by atoms with Crippen molar-refractivity contribution in [1.82, 2.24) is 15.1 Å². The standard InChI is InChI=1S/C25H29Cl2F3N4O2S/c1-2-37-22-4-3-18(26)11-17(22)14-32-24(36)16-12-20(25(28,29)30)19(21(27)13-16)15-33-7-9-34(10-8-33)23(35)5-6-31/h3-4,11-13H,2,5-10,14-15,31H2,1H3,(H,32,36). The van der Waals surface area contributed by atoms with Crippen LogP contribution in [0.25, 0.3) is 0 Å². The van der Waals surface area contributed by atoms with E-state index in [0.717, 1.165) is 22.3 Å². The van der Waals surface area contributed by atoms with Gasteiger partial charge < -0.3 is 16.0 Å². The number of halogens is 5. The van der Waals surface area contributed by atoms with Crippen molar-refractivity contribution in [3.63, 3.8) is 0 Å². The first-order chi connectivity index (χ1) is 17.5. The summed E-state index contributed by atoms with van der Waals surface area (Å²) >= 11 is 14.0. The van der Waals surface area contributed by atoms with E-state index in [1.807, 2.05) is 17.9 Å². The van der Waals surface area contributed by atoms with E-state index in [9.17, 15) is 22.8 Å². The number of hydrogen-bond donors (Lipinski definition) is 2. The van der Waals surface area contributed by atoms with Gasteiger partial charge in [0.2, 0.25) is 5.91 Å². The number of hydrogen-bond acceptors (Lipinski definition) is 5. The van der Waals surface area contributed by atoms with Gasteiger partial charge in [-0.25, -0.2) is 0 Å². The van der Waals surface area contributed by atoms with E-state index in [-0.39, 0.29) is 48.1 Å². The monoisotopic (exact) mass is 576 g/mol. The van der Waals surface area contributed by atoms with Gasteiger partial charge in [-0.1, -0.05) is 30.1 Å². The summed E-state index contributed by atoms with van der Waals surface area (Å²) < 4.78 is 42.1. The van der Waals surface area contributed by atoms with Crippen molar-refractivity contribution in [2.75, 3.05) is 38.5 Å². The number of nitrogens with two attached hydrogens (primary N) is 1. The van der Waals surface area contributed by atoms with Gasteiger partial charge in [0, 0.05) is 72.7 Å². The summed E-state index contributed by atoms with van der Waals surface area (Å²) in [6, 6.07) is 7.43. The fourth-order valence-corrected chi connectivity index (χ4v) is 5.37. The minimum absolute atomic E-state index is 0.0470. The van der Waals surface area contributed by atoms with E-state index in [0.29, 0.717) is 31.2 Å². The molecular weight excluding hydrogens is 548 g/mol. The minimum Gasteiger partial charge on any atom is -0.348 e. The Bertz CT molecular complexity index is 1130. The minimum atomic E-state index is -4.70. The molecule has 202 valence electrons. The van der Waals surface area contributed by atoms with Crippen LogP contribution in [-0.2, 0) is 24.1 Å². The molecule has 2 aromatic rings. The Morgan fingerprint density at radius 2 is 1.81 bits per heavy atom. The molecule has 0 saturated carbocycles. The van der Waals surface area contributed by atoms with Crippen molar-refractivity contribution >= 4 is 46.8 Å². The Labute approximate surface area is 228 Å². The van der Waals surface area contributed by atoms with Crippen molar-refractivity contribution < 1.29 is 22.8 Å². The van der Waals surface area contributed by atoms with Gasteiger partial charge in [0.05, 0.1) is 5.56 Å². The first-order valence-corrected chi connectivity index (χ1v) is 13.6. The molecule has 0 bridgehead atoms. The van der Waals surface area contributed by atoms with Crippen LogP contribution in [0.3, 0.4) is 0 Å². The number of nitrogens with zero attached hydrogens (tertiary/aromatic N) is 2. The van der Waals surface area contributed by atoms with Gasteiger partial charge in [0.25, 0.3) is 5.91 Å². The highest BCUT2D eigenvalue weighted by atomic mass is 35.5. The van der Waals surface area contributed by atoms with E-state index in [1.165, 1.54) is 6.07 Å². The molecule has 1 fully saturated rings. The maximum Gasteiger partial charge on any atom is 0.416 e. The second kappa shape index (κ2) is 13.2. The first kappa shape index (κ1) is 29.6. The number of piperazine rings is 1. The molecule has 0 aromatic heterocycles. The lowest BCUT2D eigenvalue weighted by atomic mass is 10.0. The maximum absolute atomic E-state index is 14.0. The van der Waals surface area contributed by atoms with Crippen LogP contribution in [0.2, 0.25) is 10.0 Å². The predicted molar refractivity (Wildman–Crippen MR) is 141 cm³/mol. The second-order valence-electron chi connectivity index (χ2n) is 8.55. The molecule has 1 aliphatic rings. The SMILES string of the molecule is CCSc1ccc(Cl)cc1CNC(=O)c1cc(Cl)c(CN2CCN(C(=O)CCN)CC2)c(C(F)(F)F)c1. The number of nitrogens with one attached hydrogen (secondary N) is 1. The van der Waals surface area contributed by atoms with E-state index in [1.54, 1.807) is 28.8 Å². The van der Waals surface area contributed by atoms with Gasteiger partial charge in [0.1, 0.15) is 0 Å².